The van der Waals surface area contributed by atoms with E-state index in [0.717, 1.165) is 5.56 Å². The Balaban J connectivity index is 3.02. The van der Waals surface area contributed by atoms with Gasteiger partial charge in [-0.15, -0.1) is 0 Å². The van der Waals surface area contributed by atoms with E-state index in [1.807, 2.05) is 13.0 Å². The summed E-state index contributed by atoms with van der Waals surface area (Å²) >= 11 is 4.91. The van der Waals surface area contributed by atoms with Crippen molar-refractivity contribution in [3.63, 3.8) is 0 Å². The Morgan fingerprint density at radius 1 is 1.50 bits per heavy atom. The first kappa shape index (κ1) is 11.9. The number of hydrogen-bond donors (Lipinski definition) is 3. The van der Waals surface area contributed by atoms with Crippen LogP contribution in [0.1, 0.15) is 11.1 Å². The Morgan fingerprint density at radius 2 is 2.19 bits per heavy atom. The largest absolute Gasteiger partial charge is 0.370 e. The van der Waals surface area contributed by atoms with Crippen LogP contribution in [0.5, 0.6) is 0 Å². The number of aryl methyl sites for hydroxylation is 1. The molecule has 0 fully saturated rings. The number of aliphatic imine (C=N–C) groups is 1. The minimum Gasteiger partial charge on any atom is -0.370 e. The van der Waals surface area contributed by atoms with Crippen LogP contribution in [-0.4, -0.2) is 11.1 Å². The lowest BCUT2D eigenvalue weighted by atomic mass is 10.1. The van der Waals surface area contributed by atoms with Crippen LogP contribution in [-0.2, 0) is 0 Å². The molecule has 0 saturated carbocycles. The maximum atomic E-state index is 8.92. The molecule has 5 nitrogen and oxygen atoms in total. The molecule has 0 heterocycles. The number of nitrogens with two attached hydrogens (primary N) is 2. The normalized spacial score (nSPS) is 9.00. The lowest BCUT2D eigenvalue weighted by molar-refractivity contribution is 1.40. The number of benzene rings is 1. The lowest BCUT2D eigenvalue weighted by Gasteiger charge is -2.09. The number of nitriles is 1. The number of thiocarbonyl (C=S) groups is 1. The average Bonchev–Trinajstić information content (AvgIpc) is 2.20. The first-order valence-electron chi connectivity index (χ1n) is 4.45. The highest BCUT2D eigenvalue weighted by atomic mass is 32.1. The number of rotatable bonds is 1. The van der Waals surface area contributed by atoms with Gasteiger partial charge in [0.25, 0.3) is 0 Å². The van der Waals surface area contributed by atoms with Crippen LogP contribution in [0, 0.1) is 18.3 Å². The van der Waals surface area contributed by atoms with Crippen molar-refractivity contribution in [3.8, 4) is 6.07 Å². The van der Waals surface area contributed by atoms with Crippen LogP contribution >= 0.6 is 12.2 Å². The van der Waals surface area contributed by atoms with Crippen LogP contribution in [0.25, 0.3) is 0 Å². The zero-order valence-electron chi connectivity index (χ0n) is 8.69. The molecule has 0 aliphatic rings. The van der Waals surface area contributed by atoms with E-state index in [2.05, 4.69) is 16.4 Å². The van der Waals surface area contributed by atoms with E-state index >= 15 is 0 Å². The van der Waals surface area contributed by atoms with E-state index in [-0.39, 0.29) is 11.1 Å². The van der Waals surface area contributed by atoms with Gasteiger partial charge in [-0.05, 0) is 30.8 Å². The van der Waals surface area contributed by atoms with Crippen molar-refractivity contribution < 1.29 is 0 Å². The summed E-state index contributed by atoms with van der Waals surface area (Å²) in [5, 5.41) is 11.9. The van der Waals surface area contributed by atoms with E-state index in [9.17, 15) is 0 Å². The van der Waals surface area contributed by atoms with Gasteiger partial charge in [-0.3, -0.25) is 0 Å². The minimum absolute atomic E-state index is 0.121. The second-order valence-corrected chi connectivity index (χ2v) is 3.46. The van der Waals surface area contributed by atoms with Crippen LogP contribution in [0.15, 0.2) is 23.2 Å². The Bertz CT molecular complexity index is 482. The predicted octanol–water partition coefficient (Wildman–Crippen LogP) is 0.837. The standard InChI is InChI=1S/C10H11N5S/c1-6-3-2-4-7(5-11)8(6)14-10(16)15-9(12)13/h2-4H,1H3,(H5,12,13,14,15,16). The number of para-hydroxylation sites is 1. The second kappa shape index (κ2) is 5.09. The highest BCUT2D eigenvalue weighted by Gasteiger charge is 2.06. The van der Waals surface area contributed by atoms with Crippen LogP contribution in [0.3, 0.4) is 0 Å². The molecule has 0 amide bonds. The Hall–Kier alpha value is -2.13. The summed E-state index contributed by atoms with van der Waals surface area (Å²) in [6.07, 6.45) is 0. The predicted molar refractivity (Wildman–Crippen MR) is 67.9 cm³/mol. The van der Waals surface area contributed by atoms with Gasteiger partial charge in [-0.25, -0.2) is 0 Å². The van der Waals surface area contributed by atoms with Gasteiger partial charge in [0.2, 0.25) is 5.11 Å². The summed E-state index contributed by atoms with van der Waals surface area (Å²) < 4.78 is 0. The Morgan fingerprint density at radius 3 is 2.75 bits per heavy atom. The zero-order chi connectivity index (χ0) is 12.1. The van der Waals surface area contributed by atoms with Crippen molar-refractivity contribution in [2.24, 2.45) is 16.5 Å². The van der Waals surface area contributed by atoms with Crippen molar-refractivity contribution in [1.82, 2.24) is 0 Å². The molecule has 5 N–H and O–H groups in total. The third-order valence-corrected chi connectivity index (χ3v) is 2.05. The third-order valence-electron chi connectivity index (χ3n) is 1.86. The summed E-state index contributed by atoms with van der Waals surface area (Å²) in [5.41, 5.74) is 12.4. The SMILES string of the molecule is Cc1cccc(C#N)c1NC(=S)N=C(N)N. The van der Waals surface area contributed by atoms with Gasteiger partial charge >= 0.3 is 0 Å². The summed E-state index contributed by atoms with van der Waals surface area (Å²) in [4.78, 5) is 3.67. The molecule has 1 rings (SSSR count). The summed E-state index contributed by atoms with van der Waals surface area (Å²) in [7, 11) is 0. The lowest BCUT2D eigenvalue weighted by Crippen LogP contribution is -2.25. The maximum absolute atomic E-state index is 8.92. The molecular weight excluding hydrogens is 222 g/mol. The van der Waals surface area contributed by atoms with Gasteiger partial charge in [-0.1, -0.05) is 12.1 Å². The molecule has 0 radical (unpaired) electrons. The van der Waals surface area contributed by atoms with Crippen molar-refractivity contribution in [3.05, 3.63) is 29.3 Å². The molecule has 0 bridgehead atoms. The monoisotopic (exact) mass is 233 g/mol. The van der Waals surface area contributed by atoms with Crippen molar-refractivity contribution in [2.75, 3.05) is 5.32 Å². The number of nitrogens with zero attached hydrogens (tertiary/aromatic N) is 2. The zero-order valence-corrected chi connectivity index (χ0v) is 9.51. The molecule has 6 heteroatoms. The fourth-order valence-electron chi connectivity index (χ4n) is 1.18. The van der Waals surface area contributed by atoms with Crippen molar-refractivity contribution >= 4 is 29.0 Å². The second-order valence-electron chi connectivity index (χ2n) is 3.08. The average molecular weight is 233 g/mol. The van der Waals surface area contributed by atoms with Crippen molar-refractivity contribution in [1.29, 1.82) is 5.26 Å². The number of hydrogen-bond acceptors (Lipinski definition) is 2. The number of guanidine groups is 1. The Labute approximate surface area is 98.8 Å². The van der Waals surface area contributed by atoms with Gasteiger partial charge in [0.1, 0.15) is 6.07 Å². The molecule has 0 unspecified atom stereocenters. The van der Waals surface area contributed by atoms with Gasteiger partial charge in [-0.2, -0.15) is 10.3 Å². The fourth-order valence-corrected chi connectivity index (χ4v) is 1.39. The van der Waals surface area contributed by atoms with Gasteiger partial charge in [0.05, 0.1) is 11.3 Å². The fraction of sp³-hybridized carbons (Fsp3) is 0.100. The van der Waals surface area contributed by atoms with E-state index in [0.29, 0.717) is 11.3 Å². The molecule has 0 aromatic heterocycles. The summed E-state index contributed by atoms with van der Waals surface area (Å²) in [6.45, 7) is 1.86. The first-order valence-corrected chi connectivity index (χ1v) is 4.85. The molecular formula is C10H11N5S. The van der Waals surface area contributed by atoms with Crippen LogP contribution in [0.2, 0.25) is 0 Å². The molecule has 16 heavy (non-hydrogen) atoms. The molecule has 0 spiro atoms. The van der Waals surface area contributed by atoms with Gasteiger partial charge < -0.3 is 16.8 Å². The van der Waals surface area contributed by atoms with E-state index in [1.54, 1.807) is 12.1 Å². The molecule has 0 atom stereocenters. The topological polar surface area (TPSA) is 100 Å². The van der Waals surface area contributed by atoms with Crippen LogP contribution in [0.4, 0.5) is 5.69 Å². The van der Waals surface area contributed by atoms with E-state index in [4.69, 9.17) is 28.9 Å². The first-order chi connectivity index (χ1) is 7.54. The van der Waals surface area contributed by atoms with E-state index in [1.165, 1.54) is 0 Å². The molecule has 1 aromatic carbocycles. The van der Waals surface area contributed by atoms with Gasteiger partial charge in [0, 0.05) is 0 Å². The van der Waals surface area contributed by atoms with Gasteiger partial charge in [0.15, 0.2) is 5.96 Å². The summed E-state index contributed by atoms with van der Waals surface area (Å²) in [5.74, 6) is -0.121. The van der Waals surface area contributed by atoms with E-state index < -0.39 is 0 Å². The molecule has 0 saturated heterocycles. The molecule has 0 aliphatic carbocycles. The summed E-state index contributed by atoms with van der Waals surface area (Å²) in [6, 6.07) is 7.41. The Kier molecular flexibility index (Phi) is 3.80. The molecule has 1 aromatic rings. The minimum atomic E-state index is -0.121. The third kappa shape index (κ3) is 2.93. The maximum Gasteiger partial charge on any atom is 0.200 e. The smallest absolute Gasteiger partial charge is 0.200 e. The number of nitrogens with one attached hydrogen (secondary N) is 1. The number of anilines is 1. The highest BCUT2D eigenvalue weighted by Crippen LogP contribution is 2.19. The highest BCUT2D eigenvalue weighted by molar-refractivity contribution is 7.80. The molecule has 0 aliphatic heterocycles. The molecule has 82 valence electrons. The van der Waals surface area contributed by atoms with Crippen molar-refractivity contribution in [2.45, 2.75) is 6.92 Å². The van der Waals surface area contributed by atoms with Crippen LogP contribution < -0.4 is 16.8 Å². The quantitative estimate of drug-likeness (QED) is 0.379.